The Morgan fingerprint density at radius 1 is 1.12 bits per heavy atom. The second kappa shape index (κ2) is 10.6. The molecule has 3 nitrogen and oxygen atoms in total. The molecule has 2 heterocycles. The van der Waals surface area contributed by atoms with E-state index in [0.29, 0.717) is 5.92 Å². The van der Waals surface area contributed by atoms with Crippen molar-refractivity contribution in [2.75, 3.05) is 26.2 Å². The number of hydrogen-bond donors (Lipinski definition) is 1. The van der Waals surface area contributed by atoms with Crippen molar-refractivity contribution in [3.63, 3.8) is 0 Å². The van der Waals surface area contributed by atoms with Gasteiger partial charge in [0.1, 0.15) is 5.82 Å². The van der Waals surface area contributed by atoms with Crippen LogP contribution in [0.25, 0.3) is 0 Å². The summed E-state index contributed by atoms with van der Waals surface area (Å²) in [5.41, 5.74) is 7.42. The van der Waals surface area contributed by atoms with Gasteiger partial charge in [0.25, 0.3) is 0 Å². The Bertz CT molecular complexity index is 475. The molecule has 2 aliphatic rings. The van der Waals surface area contributed by atoms with Crippen LogP contribution >= 0.6 is 24.8 Å². The number of piperidine rings is 1. The van der Waals surface area contributed by atoms with Crippen molar-refractivity contribution in [2.24, 2.45) is 11.7 Å². The van der Waals surface area contributed by atoms with Crippen molar-refractivity contribution >= 4 is 24.8 Å². The molecule has 1 aromatic carbocycles. The molecule has 0 spiro atoms. The first kappa shape index (κ1) is 21.7. The quantitative estimate of drug-likeness (QED) is 0.871. The molecule has 0 aromatic heterocycles. The molecule has 138 valence electrons. The molecule has 1 unspecified atom stereocenters. The third-order valence-electron chi connectivity index (χ3n) is 4.97. The monoisotopic (exact) mass is 378 g/mol. The summed E-state index contributed by atoms with van der Waals surface area (Å²) in [7, 11) is 0. The first-order valence-corrected chi connectivity index (χ1v) is 8.54. The van der Waals surface area contributed by atoms with Crippen molar-refractivity contribution in [1.29, 1.82) is 0 Å². The van der Waals surface area contributed by atoms with Gasteiger partial charge >= 0.3 is 0 Å². The van der Waals surface area contributed by atoms with E-state index in [1.165, 1.54) is 18.4 Å². The third kappa shape index (κ3) is 6.16. The molecule has 2 N–H and O–H groups in total. The summed E-state index contributed by atoms with van der Waals surface area (Å²) < 4.78 is 18.8. The molecular weight excluding hydrogens is 350 g/mol. The van der Waals surface area contributed by atoms with E-state index in [9.17, 15) is 4.39 Å². The van der Waals surface area contributed by atoms with Crippen LogP contribution in [0.4, 0.5) is 4.39 Å². The summed E-state index contributed by atoms with van der Waals surface area (Å²) in [6.07, 6.45) is 5.88. The average molecular weight is 379 g/mol. The van der Waals surface area contributed by atoms with Crippen molar-refractivity contribution in [3.05, 3.63) is 35.6 Å². The fourth-order valence-electron chi connectivity index (χ4n) is 3.74. The molecule has 2 fully saturated rings. The SMILES string of the molecule is Cl.Cl.N[C@@H]1CCCO[C@H]1CN1CCCC(Cc2ccc(F)cc2)C1. The lowest BCUT2D eigenvalue weighted by molar-refractivity contribution is -0.0248. The van der Waals surface area contributed by atoms with E-state index in [1.807, 2.05) is 12.1 Å². The largest absolute Gasteiger partial charge is 0.375 e. The highest BCUT2D eigenvalue weighted by atomic mass is 35.5. The summed E-state index contributed by atoms with van der Waals surface area (Å²) in [5, 5.41) is 0. The van der Waals surface area contributed by atoms with Crippen molar-refractivity contribution < 1.29 is 9.13 Å². The minimum Gasteiger partial charge on any atom is -0.375 e. The van der Waals surface area contributed by atoms with Crippen LogP contribution in [0.3, 0.4) is 0 Å². The Balaban J connectivity index is 0.00000144. The smallest absolute Gasteiger partial charge is 0.123 e. The molecule has 1 aromatic rings. The number of likely N-dealkylation sites (tertiary alicyclic amines) is 1. The zero-order valence-corrected chi connectivity index (χ0v) is 15.7. The van der Waals surface area contributed by atoms with E-state index in [0.717, 1.165) is 45.5 Å². The molecule has 0 amide bonds. The zero-order valence-electron chi connectivity index (χ0n) is 14.0. The fourth-order valence-corrected chi connectivity index (χ4v) is 3.74. The summed E-state index contributed by atoms with van der Waals surface area (Å²) in [4.78, 5) is 2.51. The van der Waals surface area contributed by atoms with Gasteiger partial charge in [-0.25, -0.2) is 4.39 Å². The molecule has 24 heavy (non-hydrogen) atoms. The van der Waals surface area contributed by atoms with Gasteiger partial charge in [-0.2, -0.15) is 0 Å². The van der Waals surface area contributed by atoms with Crippen molar-refractivity contribution in [2.45, 2.75) is 44.2 Å². The molecule has 0 saturated carbocycles. The minimum atomic E-state index is -0.155. The summed E-state index contributed by atoms with van der Waals surface area (Å²) >= 11 is 0. The number of rotatable bonds is 4. The first-order chi connectivity index (χ1) is 10.7. The molecule has 3 rings (SSSR count). The van der Waals surface area contributed by atoms with E-state index in [2.05, 4.69) is 4.90 Å². The first-order valence-electron chi connectivity index (χ1n) is 8.54. The van der Waals surface area contributed by atoms with E-state index in [-0.39, 0.29) is 42.8 Å². The minimum absolute atomic E-state index is 0. The van der Waals surface area contributed by atoms with E-state index in [1.54, 1.807) is 12.1 Å². The van der Waals surface area contributed by atoms with E-state index in [4.69, 9.17) is 10.5 Å². The summed E-state index contributed by atoms with van der Waals surface area (Å²) in [6.45, 7) is 4.06. The number of halogens is 3. The Morgan fingerprint density at radius 3 is 2.58 bits per heavy atom. The maximum atomic E-state index is 13.0. The van der Waals surface area contributed by atoms with Crippen LogP contribution in [0.15, 0.2) is 24.3 Å². The lowest BCUT2D eigenvalue weighted by atomic mass is 9.90. The molecule has 3 atom stereocenters. The van der Waals surface area contributed by atoms with Crippen LogP contribution in [0.5, 0.6) is 0 Å². The van der Waals surface area contributed by atoms with Crippen LogP contribution in [0.1, 0.15) is 31.2 Å². The second-order valence-corrected chi connectivity index (χ2v) is 6.81. The van der Waals surface area contributed by atoms with Gasteiger partial charge in [0.05, 0.1) is 6.10 Å². The van der Waals surface area contributed by atoms with Gasteiger partial charge in [-0.05, 0) is 62.3 Å². The van der Waals surface area contributed by atoms with Crippen molar-refractivity contribution in [3.8, 4) is 0 Å². The highest BCUT2D eigenvalue weighted by Crippen LogP contribution is 2.23. The Morgan fingerprint density at radius 2 is 1.88 bits per heavy atom. The predicted molar refractivity (Wildman–Crippen MR) is 101 cm³/mol. The Hall–Kier alpha value is -0.390. The van der Waals surface area contributed by atoms with E-state index < -0.39 is 0 Å². The number of ether oxygens (including phenoxy) is 1. The van der Waals surface area contributed by atoms with Gasteiger partial charge in [-0.15, -0.1) is 24.8 Å². The molecule has 0 bridgehead atoms. The van der Waals surface area contributed by atoms with Crippen LogP contribution < -0.4 is 5.73 Å². The van der Waals surface area contributed by atoms with Gasteiger partial charge in [-0.1, -0.05) is 12.1 Å². The zero-order chi connectivity index (χ0) is 15.4. The molecule has 0 aliphatic carbocycles. The average Bonchev–Trinajstić information content (AvgIpc) is 2.52. The van der Waals surface area contributed by atoms with Gasteiger partial charge < -0.3 is 15.4 Å². The molecule has 2 aliphatic heterocycles. The lowest BCUT2D eigenvalue weighted by Gasteiger charge is -2.38. The van der Waals surface area contributed by atoms with E-state index >= 15 is 0 Å². The Kier molecular flexibility index (Phi) is 9.53. The standard InChI is InChI=1S/C18H27FN2O.2ClH/c19-16-7-5-14(6-8-16)11-15-3-1-9-21(12-15)13-18-17(20)4-2-10-22-18;;/h5-8,15,17-18H,1-4,9-13,20H2;2*1H/t15?,17-,18+;;/m1../s1. The lowest BCUT2D eigenvalue weighted by Crippen LogP contribution is -2.49. The fraction of sp³-hybridized carbons (Fsp3) is 0.667. The highest BCUT2D eigenvalue weighted by molar-refractivity contribution is 5.85. The molecular formula is C18H29Cl2FN2O. The summed E-state index contributed by atoms with van der Waals surface area (Å²) in [6, 6.07) is 7.13. The second-order valence-electron chi connectivity index (χ2n) is 6.81. The van der Waals surface area contributed by atoms with Crippen LogP contribution in [-0.4, -0.2) is 43.3 Å². The highest BCUT2D eigenvalue weighted by Gasteiger charge is 2.27. The number of benzene rings is 1. The van der Waals surface area contributed by atoms with Gasteiger partial charge in [-0.3, -0.25) is 0 Å². The third-order valence-corrected chi connectivity index (χ3v) is 4.97. The number of nitrogens with two attached hydrogens (primary N) is 1. The Labute approximate surface area is 156 Å². The van der Waals surface area contributed by atoms with Crippen LogP contribution in [0, 0.1) is 11.7 Å². The normalized spacial score (nSPS) is 27.8. The summed E-state index contributed by atoms with van der Waals surface area (Å²) in [5.74, 6) is 0.497. The van der Waals surface area contributed by atoms with Gasteiger partial charge in [0, 0.05) is 25.7 Å². The molecule has 2 saturated heterocycles. The van der Waals surface area contributed by atoms with Gasteiger partial charge in [0.15, 0.2) is 0 Å². The maximum absolute atomic E-state index is 13.0. The number of nitrogens with zero attached hydrogens (tertiary/aromatic N) is 1. The maximum Gasteiger partial charge on any atom is 0.123 e. The number of hydrogen-bond acceptors (Lipinski definition) is 3. The van der Waals surface area contributed by atoms with Crippen LogP contribution in [0.2, 0.25) is 0 Å². The predicted octanol–water partition coefficient (Wildman–Crippen LogP) is 3.43. The topological polar surface area (TPSA) is 38.5 Å². The van der Waals surface area contributed by atoms with Gasteiger partial charge in [0.2, 0.25) is 0 Å². The molecule has 6 heteroatoms. The molecule has 0 radical (unpaired) electrons. The van der Waals surface area contributed by atoms with Crippen molar-refractivity contribution in [1.82, 2.24) is 4.90 Å². The van der Waals surface area contributed by atoms with Crippen LogP contribution in [-0.2, 0) is 11.2 Å².